The van der Waals surface area contributed by atoms with E-state index >= 15 is 0 Å². The lowest BCUT2D eigenvalue weighted by molar-refractivity contribution is 0.124. The monoisotopic (exact) mass is 321 g/mol. The highest BCUT2D eigenvalue weighted by atomic mass is 16.5. The summed E-state index contributed by atoms with van der Waals surface area (Å²) >= 11 is 0. The van der Waals surface area contributed by atoms with Crippen molar-refractivity contribution in [3.05, 3.63) is 24.3 Å². The zero-order valence-electron chi connectivity index (χ0n) is 14.0. The Kier molecular flexibility index (Phi) is 6.52. The zero-order chi connectivity index (χ0) is 16.7. The fourth-order valence-electron chi connectivity index (χ4n) is 2.87. The second kappa shape index (κ2) is 8.62. The average molecular weight is 321 g/mol. The first-order valence-corrected chi connectivity index (χ1v) is 8.33. The third kappa shape index (κ3) is 5.03. The Morgan fingerprint density at radius 3 is 2.91 bits per heavy atom. The summed E-state index contributed by atoms with van der Waals surface area (Å²) in [6, 6.07) is 8.28. The second-order valence-corrected chi connectivity index (χ2v) is 5.69. The topological polar surface area (TPSA) is 65.0 Å². The predicted octanol–water partition coefficient (Wildman–Crippen LogP) is 2.25. The van der Waals surface area contributed by atoms with Gasteiger partial charge < -0.3 is 25.0 Å². The number of rotatable bonds is 7. The van der Waals surface area contributed by atoms with Gasteiger partial charge in [-0.2, -0.15) is 0 Å². The third-order valence-corrected chi connectivity index (χ3v) is 4.21. The fourth-order valence-corrected chi connectivity index (χ4v) is 2.87. The minimum Gasteiger partial charge on any atom is -0.493 e. The van der Waals surface area contributed by atoms with Crippen molar-refractivity contribution in [2.45, 2.75) is 26.3 Å². The molecule has 0 aromatic heterocycles. The third-order valence-electron chi connectivity index (χ3n) is 4.21. The molecular weight excluding hydrogens is 294 g/mol. The number of amides is 1. The van der Waals surface area contributed by atoms with E-state index in [4.69, 9.17) is 9.84 Å². The molecule has 1 aliphatic heterocycles. The van der Waals surface area contributed by atoms with Gasteiger partial charge in [0.1, 0.15) is 5.75 Å². The highest BCUT2D eigenvalue weighted by molar-refractivity contribution is 5.65. The van der Waals surface area contributed by atoms with Crippen LogP contribution in [0.5, 0.6) is 5.75 Å². The van der Waals surface area contributed by atoms with E-state index in [1.165, 1.54) is 10.6 Å². The van der Waals surface area contributed by atoms with E-state index in [-0.39, 0.29) is 6.04 Å². The molecule has 0 bridgehead atoms. The van der Waals surface area contributed by atoms with Crippen molar-refractivity contribution < 1.29 is 14.6 Å². The van der Waals surface area contributed by atoms with Crippen LogP contribution in [0.3, 0.4) is 0 Å². The molecule has 2 N–H and O–H groups in total. The summed E-state index contributed by atoms with van der Waals surface area (Å²) in [7, 11) is 0. The minimum absolute atomic E-state index is 0.158. The van der Waals surface area contributed by atoms with Gasteiger partial charge in [0.25, 0.3) is 0 Å². The molecule has 1 atom stereocenters. The molecule has 1 aromatic carbocycles. The number of nitrogens with one attached hydrogen (secondary N) is 1. The standard InChI is InChI=1S/C17H27N3O3/c1-3-19(4-2)15-6-5-7-16(12-15)23-11-8-14-13-20(17(21)22)10-9-18-14/h5-7,12,14,18H,3-4,8-11,13H2,1-2H3,(H,21,22)/t14-/m1/s1. The van der Waals surface area contributed by atoms with Gasteiger partial charge in [-0.25, -0.2) is 4.79 Å². The SMILES string of the molecule is CCN(CC)c1cccc(OCC[C@@H]2CN(C(=O)O)CCN2)c1. The number of piperazine rings is 1. The Bertz CT molecular complexity index is 506. The van der Waals surface area contributed by atoms with Crippen LogP contribution < -0.4 is 15.0 Å². The number of hydrogen-bond donors (Lipinski definition) is 2. The van der Waals surface area contributed by atoms with Crippen molar-refractivity contribution >= 4 is 11.8 Å². The van der Waals surface area contributed by atoms with Gasteiger partial charge in [0.2, 0.25) is 0 Å². The van der Waals surface area contributed by atoms with Crippen LogP contribution in [0.15, 0.2) is 24.3 Å². The summed E-state index contributed by atoms with van der Waals surface area (Å²) in [5.74, 6) is 0.861. The van der Waals surface area contributed by atoms with Crippen LogP contribution in [0.1, 0.15) is 20.3 Å². The van der Waals surface area contributed by atoms with E-state index in [1.807, 2.05) is 12.1 Å². The van der Waals surface area contributed by atoms with E-state index in [0.717, 1.165) is 25.3 Å². The van der Waals surface area contributed by atoms with Crippen molar-refractivity contribution in [1.29, 1.82) is 0 Å². The Morgan fingerprint density at radius 2 is 2.22 bits per heavy atom. The first-order chi connectivity index (χ1) is 11.1. The number of anilines is 1. The largest absolute Gasteiger partial charge is 0.493 e. The van der Waals surface area contributed by atoms with Crippen LogP contribution in [-0.4, -0.2) is 61.5 Å². The molecule has 1 aromatic rings. The Hall–Kier alpha value is -1.95. The van der Waals surface area contributed by atoms with Crippen LogP contribution in [-0.2, 0) is 0 Å². The van der Waals surface area contributed by atoms with Gasteiger partial charge in [0, 0.05) is 50.5 Å². The molecule has 1 aliphatic rings. The maximum atomic E-state index is 11.0. The van der Waals surface area contributed by atoms with Crippen LogP contribution >= 0.6 is 0 Å². The van der Waals surface area contributed by atoms with Crippen LogP contribution in [0.4, 0.5) is 10.5 Å². The highest BCUT2D eigenvalue weighted by Gasteiger charge is 2.22. The molecule has 0 unspecified atom stereocenters. The molecule has 1 fully saturated rings. The first kappa shape index (κ1) is 17.4. The van der Waals surface area contributed by atoms with E-state index < -0.39 is 6.09 Å². The molecule has 0 aliphatic carbocycles. The minimum atomic E-state index is -0.843. The number of carbonyl (C=O) groups is 1. The molecule has 1 amide bonds. The van der Waals surface area contributed by atoms with E-state index in [1.54, 1.807) is 0 Å². The predicted molar refractivity (Wildman–Crippen MR) is 91.5 cm³/mol. The lowest BCUT2D eigenvalue weighted by Crippen LogP contribution is -2.52. The molecule has 0 saturated carbocycles. The quantitative estimate of drug-likeness (QED) is 0.806. The number of ether oxygens (including phenoxy) is 1. The van der Waals surface area contributed by atoms with Gasteiger partial charge in [0.15, 0.2) is 0 Å². The summed E-state index contributed by atoms with van der Waals surface area (Å²) in [6.07, 6.45) is -0.0523. The maximum Gasteiger partial charge on any atom is 0.407 e. The molecule has 23 heavy (non-hydrogen) atoms. The van der Waals surface area contributed by atoms with E-state index in [2.05, 4.69) is 36.2 Å². The molecule has 6 heteroatoms. The van der Waals surface area contributed by atoms with Crippen molar-refractivity contribution in [3.63, 3.8) is 0 Å². The highest BCUT2D eigenvalue weighted by Crippen LogP contribution is 2.21. The Balaban J connectivity index is 1.82. The number of nitrogens with zero attached hydrogens (tertiary/aromatic N) is 2. The second-order valence-electron chi connectivity index (χ2n) is 5.69. The summed E-state index contributed by atoms with van der Waals surface area (Å²) in [6.45, 7) is 8.58. The van der Waals surface area contributed by atoms with Crippen LogP contribution in [0.25, 0.3) is 0 Å². The molecule has 1 heterocycles. The molecule has 2 rings (SSSR count). The van der Waals surface area contributed by atoms with Gasteiger partial charge in [-0.05, 0) is 32.4 Å². The summed E-state index contributed by atoms with van der Waals surface area (Å²) < 4.78 is 5.85. The summed E-state index contributed by atoms with van der Waals surface area (Å²) in [5, 5.41) is 12.4. The van der Waals surface area contributed by atoms with Gasteiger partial charge in [-0.3, -0.25) is 0 Å². The Morgan fingerprint density at radius 1 is 1.43 bits per heavy atom. The normalized spacial score (nSPS) is 17.8. The fraction of sp³-hybridized carbons (Fsp3) is 0.588. The molecule has 128 valence electrons. The summed E-state index contributed by atoms with van der Waals surface area (Å²) in [5.41, 5.74) is 1.17. The smallest absolute Gasteiger partial charge is 0.407 e. The lowest BCUT2D eigenvalue weighted by Gasteiger charge is -2.31. The van der Waals surface area contributed by atoms with Crippen molar-refractivity contribution in [2.75, 3.05) is 44.2 Å². The molecule has 1 saturated heterocycles. The maximum absolute atomic E-state index is 11.0. The zero-order valence-corrected chi connectivity index (χ0v) is 14.0. The first-order valence-electron chi connectivity index (χ1n) is 8.33. The van der Waals surface area contributed by atoms with Crippen LogP contribution in [0, 0.1) is 0 Å². The summed E-state index contributed by atoms with van der Waals surface area (Å²) in [4.78, 5) is 14.8. The Labute approximate surface area is 138 Å². The molecule has 6 nitrogen and oxygen atoms in total. The lowest BCUT2D eigenvalue weighted by atomic mass is 10.1. The number of benzene rings is 1. The average Bonchev–Trinajstić information content (AvgIpc) is 2.57. The van der Waals surface area contributed by atoms with Crippen molar-refractivity contribution in [3.8, 4) is 5.75 Å². The molecule has 0 radical (unpaired) electrons. The molecular formula is C17H27N3O3. The van der Waals surface area contributed by atoms with Crippen molar-refractivity contribution in [2.24, 2.45) is 0 Å². The number of carboxylic acid groups (broad SMARTS) is 1. The van der Waals surface area contributed by atoms with E-state index in [0.29, 0.717) is 26.2 Å². The van der Waals surface area contributed by atoms with E-state index in [9.17, 15) is 4.79 Å². The van der Waals surface area contributed by atoms with Gasteiger partial charge in [-0.15, -0.1) is 0 Å². The van der Waals surface area contributed by atoms with Crippen molar-refractivity contribution in [1.82, 2.24) is 10.2 Å². The van der Waals surface area contributed by atoms with Gasteiger partial charge in [0.05, 0.1) is 6.61 Å². The van der Waals surface area contributed by atoms with Gasteiger partial charge in [-0.1, -0.05) is 6.07 Å². The number of hydrogen-bond acceptors (Lipinski definition) is 4. The van der Waals surface area contributed by atoms with Crippen LogP contribution in [0.2, 0.25) is 0 Å². The molecule has 0 spiro atoms. The van der Waals surface area contributed by atoms with Gasteiger partial charge >= 0.3 is 6.09 Å².